The zero-order chi connectivity index (χ0) is 14.5. The summed E-state index contributed by atoms with van der Waals surface area (Å²) in [5.41, 5.74) is 12.6. The molecular weight excluding hydrogens is 276 g/mol. The number of carbonyl (C=O) groups is 1. The highest BCUT2D eigenvalue weighted by Crippen LogP contribution is 2.14. The molecule has 6 heteroatoms. The molecule has 104 valence electrons. The Morgan fingerprint density at radius 2 is 2.00 bits per heavy atom. The van der Waals surface area contributed by atoms with Crippen LogP contribution in [0.1, 0.15) is 15.9 Å². The van der Waals surface area contributed by atoms with Crippen LogP contribution in [0.5, 0.6) is 0 Å². The number of nitrogens with one attached hydrogen (secondary N) is 1. The lowest BCUT2D eigenvalue weighted by Gasteiger charge is -2.08. The maximum absolute atomic E-state index is 11.2. The molecule has 1 heterocycles. The predicted molar refractivity (Wildman–Crippen MR) is 80.8 cm³/mol. The van der Waals surface area contributed by atoms with Crippen LogP contribution in [-0.2, 0) is 6.42 Å². The van der Waals surface area contributed by atoms with Crippen LogP contribution in [0, 0.1) is 0 Å². The van der Waals surface area contributed by atoms with Crippen LogP contribution in [0.25, 0.3) is 0 Å². The molecule has 2 rings (SSSR count). The lowest BCUT2D eigenvalue weighted by Crippen LogP contribution is -2.15. The molecule has 5 N–H and O–H groups in total. The van der Waals surface area contributed by atoms with E-state index in [-0.39, 0.29) is 11.3 Å². The Kier molecular flexibility index (Phi) is 4.42. The molecule has 20 heavy (non-hydrogen) atoms. The van der Waals surface area contributed by atoms with Crippen molar-refractivity contribution in [1.29, 1.82) is 0 Å². The van der Waals surface area contributed by atoms with Crippen LogP contribution >= 0.6 is 11.6 Å². The Hall–Kier alpha value is -2.27. The fourth-order valence-electron chi connectivity index (χ4n) is 1.76. The highest BCUT2D eigenvalue weighted by atomic mass is 35.5. The minimum absolute atomic E-state index is 0.272. The molecular formula is C14H15ClN4O. The SMILES string of the molecule is NC(=O)c1cc(NCCc2ccc(Cl)cc2)ncc1N. The maximum atomic E-state index is 11.2. The third-order valence-corrected chi connectivity index (χ3v) is 3.09. The molecule has 0 fully saturated rings. The van der Waals surface area contributed by atoms with E-state index in [1.165, 1.54) is 6.20 Å². The zero-order valence-corrected chi connectivity index (χ0v) is 11.5. The summed E-state index contributed by atoms with van der Waals surface area (Å²) in [5.74, 6) is 0.00705. The maximum Gasteiger partial charge on any atom is 0.250 e. The number of anilines is 2. The molecule has 0 atom stereocenters. The summed E-state index contributed by atoms with van der Waals surface area (Å²) in [6.45, 7) is 0.677. The number of pyridine rings is 1. The van der Waals surface area contributed by atoms with Crippen molar-refractivity contribution in [2.24, 2.45) is 5.73 Å². The Morgan fingerprint density at radius 3 is 2.65 bits per heavy atom. The fraction of sp³-hybridized carbons (Fsp3) is 0.143. The van der Waals surface area contributed by atoms with Gasteiger partial charge in [0.05, 0.1) is 17.4 Å². The van der Waals surface area contributed by atoms with Gasteiger partial charge in [-0.2, -0.15) is 0 Å². The first-order chi connectivity index (χ1) is 9.56. The Morgan fingerprint density at radius 1 is 1.30 bits per heavy atom. The quantitative estimate of drug-likeness (QED) is 0.786. The van der Waals surface area contributed by atoms with Crippen molar-refractivity contribution in [2.75, 3.05) is 17.6 Å². The molecule has 5 nitrogen and oxygen atoms in total. The summed E-state index contributed by atoms with van der Waals surface area (Å²) >= 11 is 5.82. The van der Waals surface area contributed by atoms with E-state index in [1.807, 2.05) is 24.3 Å². The summed E-state index contributed by atoms with van der Waals surface area (Å²) in [5, 5.41) is 3.84. The highest BCUT2D eigenvalue weighted by molar-refractivity contribution is 6.30. The second-order valence-electron chi connectivity index (χ2n) is 4.32. The van der Waals surface area contributed by atoms with E-state index >= 15 is 0 Å². The number of hydrogen-bond donors (Lipinski definition) is 3. The molecule has 1 aromatic heterocycles. The van der Waals surface area contributed by atoms with E-state index in [2.05, 4.69) is 10.3 Å². The van der Waals surface area contributed by atoms with Crippen LogP contribution in [0.15, 0.2) is 36.5 Å². The molecule has 2 aromatic rings. The molecule has 0 aliphatic heterocycles. The lowest BCUT2D eigenvalue weighted by atomic mass is 10.1. The summed E-state index contributed by atoms with van der Waals surface area (Å²) in [4.78, 5) is 15.3. The first-order valence-corrected chi connectivity index (χ1v) is 6.47. The van der Waals surface area contributed by atoms with Crippen molar-refractivity contribution in [3.05, 3.63) is 52.7 Å². The van der Waals surface area contributed by atoms with Gasteiger partial charge in [0.1, 0.15) is 5.82 Å². The number of nitrogens with two attached hydrogens (primary N) is 2. The minimum atomic E-state index is -0.564. The largest absolute Gasteiger partial charge is 0.397 e. The van der Waals surface area contributed by atoms with Crippen LogP contribution in [0.3, 0.4) is 0 Å². The van der Waals surface area contributed by atoms with Gasteiger partial charge in [-0.1, -0.05) is 23.7 Å². The molecule has 1 aromatic carbocycles. The second kappa shape index (κ2) is 6.25. The normalized spacial score (nSPS) is 10.2. The number of nitrogens with zero attached hydrogens (tertiary/aromatic N) is 1. The molecule has 0 aliphatic carbocycles. The number of hydrogen-bond acceptors (Lipinski definition) is 4. The average Bonchev–Trinajstić information content (AvgIpc) is 2.42. The topological polar surface area (TPSA) is 94.0 Å². The van der Waals surface area contributed by atoms with Crippen molar-refractivity contribution in [2.45, 2.75) is 6.42 Å². The molecule has 1 amide bonds. The fourth-order valence-corrected chi connectivity index (χ4v) is 1.89. The first kappa shape index (κ1) is 14.1. The third-order valence-electron chi connectivity index (χ3n) is 2.83. The van der Waals surface area contributed by atoms with Gasteiger partial charge >= 0.3 is 0 Å². The summed E-state index contributed by atoms with van der Waals surface area (Å²) in [6, 6.07) is 9.19. The van der Waals surface area contributed by atoms with Gasteiger partial charge in [0.15, 0.2) is 0 Å². The van der Waals surface area contributed by atoms with E-state index < -0.39 is 5.91 Å². The van der Waals surface area contributed by atoms with Gasteiger partial charge in [0.25, 0.3) is 5.91 Å². The number of amides is 1. The number of halogens is 1. The van der Waals surface area contributed by atoms with E-state index in [0.717, 1.165) is 12.0 Å². The number of nitrogen functional groups attached to an aromatic ring is 1. The predicted octanol–water partition coefficient (Wildman–Crippen LogP) is 2.07. The number of aromatic nitrogens is 1. The third kappa shape index (κ3) is 3.61. The van der Waals surface area contributed by atoms with E-state index in [4.69, 9.17) is 23.1 Å². The number of primary amides is 1. The van der Waals surface area contributed by atoms with Crippen molar-refractivity contribution in [1.82, 2.24) is 4.98 Å². The van der Waals surface area contributed by atoms with Gasteiger partial charge in [-0.25, -0.2) is 4.98 Å². The standard InChI is InChI=1S/C14H15ClN4O/c15-10-3-1-9(2-4-10)5-6-18-13-7-11(14(17)20)12(16)8-19-13/h1-4,7-8H,5-6,16H2,(H2,17,20)(H,18,19). The molecule has 0 spiro atoms. The Labute approximate surface area is 121 Å². The van der Waals surface area contributed by atoms with E-state index in [0.29, 0.717) is 17.4 Å². The molecule has 0 saturated carbocycles. The molecule has 0 aliphatic rings. The van der Waals surface area contributed by atoms with E-state index in [9.17, 15) is 4.79 Å². The van der Waals surface area contributed by atoms with Gasteiger partial charge in [0.2, 0.25) is 0 Å². The number of rotatable bonds is 5. The summed E-state index contributed by atoms with van der Waals surface area (Å²) < 4.78 is 0. The van der Waals surface area contributed by atoms with Gasteiger partial charge < -0.3 is 16.8 Å². The van der Waals surface area contributed by atoms with Crippen molar-refractivity contribution >= 4 is 29.0 Å². The molecule has 0 saturated heterocycles. The van der Waals surface area contributed by atoms with Crippen molar-refractivity contribution < 1.29 is 4.79 Å². The summed E-state index contributed by atoms with van der Waals surface area (Å²) in [6.07, 6.45) is 2.24. The van der Waals surface area contributed by atoms with Crippen LogP contribution < -0.4 is 16.8 Å². The second-order valence-corrected chi connectivity index (χ2v) is 4.76. The lowest BCUT2D eigenvalue weighted by molar-refractivity contribution is 0.100. The van der Waals surface area contributed by atoms with Gasteiger partial charge in [0, 0.05) is 11.6 Å². The Bertz CT molecular complexity index is 613. The zero-order valence-electron chi connectivity index (χ0n) is 10.8. The molecule has 0 radical (unpaired) electrons. The number of benzene rings is 1. The summed E-state index contributed by atoms with van der Waals surface area (Å²) in [7, 11) is 0. The van der Waals surface area contributed by atoms with Gasteiger partial charge in [-0.05, 0) is 30.2 Å². The van der Waals surface area contributed by atoms with Gasteiger partial charge in [-0.3, -0.25) is 4.79 Å². The minimum Gasteiger partial charge on any atom is -0.397 e. The van der Waals surface area contributed by atoms with E-state index in [1.54, 1.807) is 6.07 Å². The van der Waals surface area contributed by atoms with Crippen molar-refractivity contribution in [3.8, 4) is 0 Å². The van der Waals surface area contributed by atoms with Crippen LogP contribution in [-0.4, -0.2) is 17.4 Å². The molecule has 0 bridgehead atoms. The monoisotopic (exact) mass is 290 g/mol. The first-order valence-electron chi connectivity index (χ1n) is 6.10. The molecule has 0 unspecified atom stereocenters. The van der Waals surface area contributed by atoms with Gasteiger partial charge in [-0.15, -0.1) is 0 Å². The number of carbonyl (C=O) groups excluding carboxylic acids is 1. The average molecular weight is 291 g/mol. The van der Waals surface area contributed by atoms with Crippen molar-refractivity contribution in [3.63, 3.8) is 0 Å². The van der Waals surface area contributed by atoms with Crippen LogP contribution in [0.2, 0.25) is 5.02 Å². The highest BCUT2D eigenvalue weighted by Gasteiger charge is 2.07. The van der Waals surface area contributed by atoms with Crippen LogP contribution in [0.4, 0.5) is 11.5 Å². The smallest absolute Gasteiger partial charge is 0.250 e. The Balaban J connectivity index is 1.96.